The number of nitrogens with one attached hydrogen (secondary N) is 1. The first kappa shape index (κ1) is 21.8. The maximum Gasteiger partial charge on any atom is 0.257 e. The molecule has 3 aromatic carbocycles. The number of ether oxygens (including phenoxy) is 2. The standard InChI is InChI=1S/C26H25NO4/c1-3-27-26(29)18-31-24-16-10-19(17-25(24)30-2)9-15-23(28)22-13-11-21(12-14-22)20-7-5-4-6-8-20/h4-17H,3,18H2,1-2H3,(H,27,29)/b15-9+. The van der Waals surface area contributed by atoms with Crippen molar-refractivity contribution in [1.29, 1.82) is 0 Å². The molecule has 0 fully saturated rings. The Labute approximate surface area is 182 Å². The van der Waals surface area contributed by atoms with Gasteiger partial charge in [-0.1, -0.05) is 66.7 Å². The Kier molecular flexibility index (Phi) is 7.60. The van der Waals surface area contributed by atoms with Gasteiger partial charge in [0.05, 0.1) is 7.11 Å². The lowest BCUT2D eigenvalue weighted by molar-refractivity contribution is -0.123. The molecule has 3 aromatic rings. The highest BCUT2D eigenvalue weighted by molar-refractivity contribution is 6.07. The summed E-state index contributed by atoms with van der Waals surface area (Å²) in [5.74, 6) is 0.674. The third-order valence-electron chi connectivity index (χ3n) is 4.62. The largest absolute Gasteiger partial charge is 0.493 e. The van der Waals surface area contributed by atoms with Crippen molar-refractivity contribution in [3.05, 3.63) is 90.0 Å². The molecule has 0 unspecified atom stereocenters. The van der Waals surface area contributed by atoms with E-state index in [1.807, 2.05) is 61.5 Å². The van der Waals surface area contributed by atoms with Crippen LogP contribution < -0.4 is 14.8 Å². The van der Waals surface area contributed by atoms with Crippen LogP contribution in [0.5, 0.6) is 11.5 Å². The van der Waals surface area contributed by atoms with E-state index < -0.39 is 0 Å². The van der Waals surface area contributed by atoms with Gasteiger partial charge in [-0.15, -0.1) is 0 Å². The van der Waals surface area contributed by atoms with Gasteiger partial charge >= 0.3 is 0 Å². The van der Waals surface area contributed by atoms with Gasteiger partial charge in [0, 0.05) is 12.1 Å². The van der Waals surface area contributed by atoms with Gasteiger partial charge in [-0.3, -0.25) is 9.59 Å². The highest BCUT2D eigenvalue weighted by Crippen LogP contribution is 2.28. The minimum absolute atomic E-state index is 0.0865. The van der Waals surface area contributed by atoms with E-state index in [-0.39, 0.29) is 18.3 Å². The summed E-state index contributed by atoms with van der Waals surface area (Å²) < 4.78 is 10.9. The van der Waals surface area contributed by atoms with Crippen LogP contribution in [-0.2, 0) is 4.79 Å². The molecule has 0 aliphatic heterocycles. The minimum atomic E-state index is -0.197. The number of likely N-dealkylation sites (N-methyl/N-ethyl adjacent to an activating group) is 1. The summed E-state index contributed by atoms with van der Waals surface area (Å²) in [6, 6.07) is 22.8. The number of benzene rings is 3. The quantitative estimate of drug-likeness (QED) is 0.404. The van der Waals surface area contributed by atoms with Crippen molar-refractivity contribution in [2.45, 2.75) is 6.92 Å². The van der Waals surface area contributed by atoms with E-state index in [9.17, 15) is 9.59 Å². The smallest absolute Gasteiger partial charge is 0.257 e. The van der Waals surface area contributed by atoms with Crippen molar-refractivity contribution in [3.63, 3.8) is 0 Å². The fourth-order valence-corrected chi connectivity index (χ4v) is 3.02. The van der Waals surface area contributed by atoms with Gasteiger partial charge in [-0.25, -0.2) is 0 Å². The summed E-state index contributed by atoms with van der Waals surface area (Å²) >= 11 is 0. The summed E-state index contributed by atoms with van der Waals surface area (Å²) in [6.45, 7) is 2.31. The van der Waals surface area contributed by atoms with Crippen LogP contribution in [0.3, 0.4) is 0 Å². The summed E-state index contributed by atoms with van der Waals surface area (Å²) in [6.07, 6.45) is 3.26. The molecule has 0 saturated carbocycles. The number of carbonyl (C=O) groups excluding carboxylic acids is 2. The molecular weight excluding hydrogens is 390 g/mol. The van der Waals surface area contributed by atoms with Crippen molar-refractivity contribution < 1.29 is 19.1 Å². The molecule has 0 spiro atoms. The van der Waals surface area contributed by atoms with E-state index in [1.165, 1.54) is 13.2 Å². The lowest BCUT2D eigenvalue weighted by Crippen LogP contribution is -2.28. The Balaban J connectivity index is 1.66. The van der Waals surface area contributed by atoms with Crippen molar-refractivity contribution in [3.8, 4) is 22.6 Å². The summed E-state index contributed by atoms with van der Waals surface area (Å²) in [5.41, 5.74) is 3.58. The van der Waals surface area contributed by atoms with Crippen LogP contribution in [-0.4, -0.2) is 32.0 Å². The monoisotopic (exact) mass is 415 g/mol. The molecule has 5 heteroatoms. The maximum atomic E-state index is 12.5. The van der Waals surface area contributed by atoms with Gasteiger partial charge in [0.25, 0.3) is 5.91 Å². The first-order valence-corrected chi connectivity index (χ1v) is 10.1. The Morgan fingerprint density at radius 1 is 0.903 bits per heavy atom. The predicted octanol–water partition coefficient (Wildman–Crippen LogP) is 4.77. The molecule has 1 amide bonds. The number of hydrogen-bond donors (Lipinski definition) is 1. The van der Waals surface area contributed by atoms with Crippen molar-refractivity contribution in [2.24, 2.45) is 0 Å². The molecule has 31 heavy (non-hydrogen) atoms. The maximum absolute atomic E-state index is 12.5. The van der Waals surface area contributed by atoms with E-state index in [0.29, 0.717) is 23.6 Å². The highest BCUT2D eigenvalue weighted by atomic mass is 16.5. The molecule has 0 aliphatic carbocycles. The average molecular weight is 415 g/mol. The van der Waals surface area contributed by atoms with Crippen LogP contribution in [0.4, 0.5) is 0 Å². The molecule has 0 radical (unpaired) electrons. The summed E-state index contributed by atoms with van der Waals surface area (Å²) in [5, 5.41) is 2.67. The molecular formula is C26H25NO4. The molecule has 0 saturated heterocycles. The lowest BCUT2D eigenvalue weighted by atomic mass is 10.0. The predicted molar refractivity (Wildman–Crippen MR) is 122 cm³/mol. The van der Waals surface area contributed by atoms with E-state index in [1.54, 1.807) is 24.3 Å². The molecule has 0 bridgehead atoms. The molecule has 0 atom stereocenters. The lowest BCUT2D eigenvalue weighted by Gasteiger charge is -2.11. The van der Waals surface area contributed by atoms with E-state index in [4.69, 9.17) is 9.47 Å². The van der Waals surface area contributed by atoms with Gasteiger partial charge < -0.3 is 14.8 Å². The van der Waals surface area contributed by atoms with Crippen LogP contribution in [0.2, 0.25) is 0 Å². The second-order valence-electron chi connectivity index (χ2n) is 6.79. The number of carbonyl (C=O) groups is 2. The zero-order valence-corrected chi connectivity index (χ0v) is 17.6. The third kappa shape index (κ3) is 6.06. The molecule has 5 nitrogen and oxygen atoms in total. The molecule has 0 aromatic heterocycles. The normalized spacial score (nSPS) is 10.6. The Bertz CT molecular complexity index is 1060. The Morgan fingerprint density at radius 2 is 1.61 bits per heavy atom. The van der Waals surface area contributed by atoms with Crippen LogP contribution >= 0.6 is 0 Å². The van der Waals surface area contributed by atoms with Crippen LogP contribution in [0.25, 0.3) is 17.2 Å². The van der Waals surface area contributed by atoms with Crippen LogP contribution in [0, 0.1) is 0 Å². The van der Waals surface area contributed by atoms with Crippen molar-refractivity contribution in [1.82, 2.24) is 5.32 Å². The molecule has 3 rings (SSSR count). The van der Waals surface area contributed by atoms with Crippen LogP contribution in [0.15, 0.2) is 78.9 Å². The first-order chi connectivity index (χ1) is 15.1. The van der Waals surface area contributed by atoms with Crippen molar-refractivity contribution >= 4 is 17.8 Å². The van der Waals surface area contributed by atoms with Gasteiger partial charge in [-0.2, -0.15) is 0 Å². The van der Waals surface area contributed by atoms with E-state index in [0.717, 1.165) is 16.7 Å². The third-order valence-corrected chi connectivity index (χ3v) is 4.62. The Hall–Kier alpha value is -3.86. The molecule has 0 aliphatic rings. The highest BCUT2D eigenvalue weighted by Gasteiger charge is 2.08. The van der Waals surface area contributed by atoms with Gasteiger partial charge in [0.1, 0.15) is 0 Å². The Morgan fingerprint density at radius 3 is 2.29 bits per heavy atom. The number of allylic oxidation sites excluding steroid dienone is 1. The fourth-order valence-electron chi connectivity index (χ4n) is 3.02. The summed E-state index contributed by atoms with van der Waals surface area (Å²) in [7, 11) is 1.53. The second-order valence-corrected chi connectivity index (χ2v) is 6.79. The first-order valence-electron chi connectivity index (χ1n) is 10.1. The van der Waals surface area contributed by atoms with Crippen molar-refractivity contribution in [2.75, 3.05) is 20.3 Å². The second kappa shape index (κ2) is 10.8. The van der Waals surface area contributed by atoms with Crippen LogP contribution in [0.1, 0.15) is 22.8 Å². The fraction of sp³-hybridized carbons (Fsp3) is 0.154. The SMILES string of the molecule is CCNC(=O)COc1ccc(/C=C/C(=O)c2ccc(-c3ccccc3)cc2)cc1OC. The number of amides is 1. The molecule has 0 heterocycles. The number of methoxy groups -OCH3 is 1. The van der Waals surface area contributed by atoms with E-state index in [2.05, 4.69) is 5.32 Å². The van der Waals surface area contributed by atoms with Gasteiger partial charge in [-0.05, 0) is 41.8 Å². The average Bonchev–Trinajstić information content (AvgIpc) is 2.82. The summed E-state index contributed by atoms with van der Waals surface area (Å²) in [4.78, 5) is 24.1. The number of rotatable bonds is 9. The topological polar surface area (TPSA) is 64.6 Å². The van der Waals surface area contributed by atoms with Gasteiger partial charge in [0.2, 0.25) is 0 Å². The minimum Gasteiger partial charge on any atom is -0.493 e. The number of ketones is 1. The van der Waals surface area contributed by atoms with Gasteiger partial charge in [0.15, 0.2) is 23.9 Å². The number of hydrogen-bond acceptors (Lipinski definition) is 4. The zero-order chi connectivity index (χ0) is 22.1. The molecule has 1 N–H and O–H groups in total. The molecule has 158 valence electrons. The zero-order valence-electron chi connectivity index (χ0n) is 17.6. The van der Waals surface area contributed by atoms with E-state index >= 15 is 0 Å².